The Morgan fingerprint density at radius 1 is 1.54 bits per heavy atom. The number of aliphatic hydroxyl groups is 1. The third-order valence-electron chi connectivity index (χ3n) is 2.06. The predicted molar refractivity (Wildman–Crippen MR) is 56.0 cm³/mol. The van der Waals surface area contributed by atoms with Gasteiger partial charge in [-0.2, -0.15) is 0 Å². The van der Waals surface area contributed by atoms with E-state index in [1.54, 1.807) is 11.3 Å². The summed E-state index contributed by atoms with van der Waals surface area (Å²) in [5.74, 6) is 0. The van der Waals surface area contributed by atoms with Crippen molar-refractivity contribution in [1.29, 1.82) is 0 Å². The first-order valence-corrected chi connectivity index (χ1v) is 5.72. The van der Waals surface area contributed by atoms with Crippen molar-refractivity contribution in [2.45, 2.75) is 45.6 Å². The minimum Gasteiger partial charge on any atom is -0.387 e. The molecule has 74 valence electrons. The fourth-order valence-corrected chi connectivity index (χ4v) is 1.93. The maximum Gasteiger partial charge on any atom is 0.0968 e. The van der Waals surface area contributed by atoms with Crippen LogP contribution in [0.25, 0.3) is 0 Å². The molecule has 0 fully saturated rings. The molecule has 0 amide bonds. The number of aliphatic hydroxyl groups excluding tert-OH is 1. The molecule has 0 saturated carbocycles. The minimum atomic E-state index is -0.350. The lowest BCUT2D eigenvalue weighted by molar-refractivity contribution is 0.159. The van der Waals surface area contributed by atoms with Crippen LogP contribution >= 0.6 is 11.3 Å². The number of aryl methyl sites for hydroxylation is 1. The predicted octanol–water partition coefficient (Wildman–Crippen LogP) is 3.07. The number of unbranched alkanes of at least 4 members (excludes halogenated alkanes) is 2. The molecule has 0 aliphatic heterocycles. The van der Waals surface area contributed by atoms with E-state index in [-0.39, 0.29) is 6.10 Å². The van der Waals surface area contributed by atoms with Crippen molar-refractivity contribution in [2.75, 3.05) is 0 Å². The zero-order chi connectivity index (χ0) is 9.68. The molecular weight excluding hydrogens is 182 g/mol. The fraction of sp³-hybridized carbons (Fsp3) is 0.700. The van der Waals surface area contributed by atoms with Gasteiger partial charge in [-0.25, -0.2) is 4.98 Å². The van der Waals surface area contributed by atoms with Crippen LogP contribution in [0.15, 0.2) is 5.38 Å². The van der Waals surface area contributed by atoms with Crippen molar-refractivity contribution in [1.82, 2.24) is 4.98 Å². The molecule has 1 aromatic rings. The molecular formula is C10H17NOS. The molecule has 0 spiro atoms. The van der Waals surface area contributed by atoms with Gasteiger partial charge in [0.25, 0.3) is 0 Å². The highest BCUT2D eigenvalue weighted by atomic mass is 32.1. The molecule has 1 rings (SSSR count). The maximum atomic E-state index is 9.70. The largest absolute Gasteiger partial charge is 0.387 e. The van der Waals surface area contributed by atoms with E-state index in [2.05, 4.69) is 11.9 Å². The Balaban J connectivity index is 2.35. The van der Waals surface area contributed by atoms with Crippen LogP contribution in [0.3, 0.4) is 0 Å². The topological polar surface area (TPSA) is 33.1 Å². The second kappa shape index (κ2) is 5.35. The van der Waals surface area contributed by atoms with Crippen molar-refractivity contribution in [3.63, 3.8) is 0 Å². The molecule has 0 bridgehead atoms. The lowest BCUT2D eigenvalue weighted by atomic mass is 10.1. The van der Waals surface area contributed by atoms with Gasteiger partial charge in [0.2, 0.25) is 0 Å². The zero-order valence-corrected chi connectivity index (χ0v) is 9.10. The smallest absolute Gasteiger partial charge is 0.0968 e. The second-order valence-electron chi connectivity index (χ2n) is 3.30. The molecule has 0 aliphatic rings. The van der Waals surface area contributed by atoms with Crippen LogP contribution in [0.2, 0.25) is 0 Å². The Bertz CT molecular complexity index is 247. The van der Waals surface area contributed by atoms with Crippen molar-refractivity contribution < 1.29 is 5.11 Å². The second-order valence-corrected chi connectivity index (χ2v) is 4.37. The van der Waals surface area contributed by atoms with Crippen LogP contribution in [0.4, 0.5) is 0 Å². The standard InChI is InChI=1S/C10H17NOS/c1-3-4-5-6-10(12)9-7-13-8(2)11-9/h7,10,12H,3-6H2,1-2H3. The van der Waals surface area contributed by atoms with Crippen molar-refractivity contribution in [2.24, 2.45) is 0 Å². The van der Waals surface area contributed by atoms with E-state index in [1.807, 2.05) is 12.3 Å². The van der Waals surface area contributed by atoms with Crippen molar-refractivity contribution >= 4 is 11.3 Å². The molecule has 1 heterocycles. The van der Waals surface area contributed by atoms with E-state index >= 15 is 0 Å². The van der Waals surface area contributed by atoms with E-state index in [9.17, 15) is 5.11 Å². The van der Waals surface area contributed by atoms with Gasteiger partial charge in [0, 0.05) is 5.38 Å². The molecule has 13 heavy (non-hydrogen) atoms. The Hall–Kier alpha value is -0.410. The van der Waals surface area contributed by atoms with Gasteiger partial charge in [-0.15, -0.1) is 11.3 Å². The van der Waals surface area contributed by atoms with Crippen LogP contribution in [0.5, 0.6) is 0 Å². The first-order valence-electron chi connectivity index (χ1n) is 4.84. The van der Waals surface area contributed by atoms with Crippen molar-refractivity contribution in [3.05, 3.63) is 16.1 Å². The number of hydrogen-bond donors (Lipinski definition) is 1. The number of aromatic nitrogens is 1. The normalized spacial score (nSPS) is 13.2. The van der Waals surface area contributed by atoms with Gasteiger partial charge in [0.05, 0.1) is 16.8 Å². The van der Waals surface area contributed by atoms with Crippen LogP contribution in [0, 0.1) is 6.92 Å². The summed E-state index contributed by atoms with van der Waals surface area (Å²) in [4.78, 5) is 4.26. The van der Waals surface area contributed by atoms with Gasteiger partial charge < -0.3 is 5.11 Å². The lowest BCUT2D eigenvalue weighted by Gasteiger charge is -2.06. The molecule has 2 nitrogen and oxygen atoms in total. The summed E-state index contributed by atoms with van der Waals surface area (Å²) in [6.45, 7) is 4.13. The van der Waals surface area contributed by atoms with Gasteiger partial charge in [0.1, 0.15) is 0 Å². The van der Waals surface area contributed by atoms with Gasteiger partial charge in [-0.1, -0.05) is 26.2 Å². The molecule has 1 aromatic heterocycles. The van der Waals surface area contributed by atoms with Gasteiger partial charge in [0.15, 0.2) is 0 Å². The quantitative estimate of drug-likeness (QED) is 0.739. The summed E-state index contributed by atoms with van der Waals surface area (Å²) >= 11 is 1.60. The SMILES string of the molecule is CCCCCC(O)c1csc(C)n1. The van der Waals surface area contributed by atoms with E-state index in [0.29, 0.717) is 0 Å². The lowest BCUT2D eigenvalue weighted by Crippen LogP contribution is -1.97. The Morgan fingerprint density at radius 3 is 2.85 bits per heavy atom. The number of hydrogen-bond acceptors (Lipinski definition) is 3. The Kier molecular flexibility index (Phi) is 4.39. The summed E-state index contributed by atoms with van der Waals surface area (Å²) in [6, 6.07) is 0. The maximum absolute atomic E-state index is 9.70. The van der Waals surface area contributed by atoms with E-state index in [4.69, 9.17) is 0 Å². The van der Waals surface area contributed by atoms with Crippen LogP contribution in [-0.4, -0.2) is 10.1 Å². The van der Waals surface area contributed by atoms with Gasteiger partial charge in [-0.05, 0) is 13.3 Å². The summed E-state index contributed by atoms with van der Waals surface area (Å²) < 4.78 is 0. The zero-order valence-electron chi connectivity index (χ0n) is 8.29. The average Bonchev–Trinajstić information content (AvgIpc) is 2.52. The highest BCUT2D eigenvalue weighted by molar-refractivity contribution is 7.09. The molecule has 0 aromatic carbocycles. The Labute approximate surface area is 83.6 Å². The van der Waals surface area contributed by atoms with E-state index < -0.39 is 0 Å². The number of nitrogens with zero attached hydrogens (tertiary/aromatic N) is 1. The molecule has 3 heteroatoms. The van der Waals surface area contributed by atoms with Crippen LogP contribution in [0.1, 0.15) is 49.4 Å². The van der Waals surface area contributed by atoms with Crippen LogP contribution in [-0.2, 0) is 0 Å². The summed E-state index contributed by atoms with van der Waals surface area (Å²) in [5, 5.41) is 12.7. The fourth-order valence-electron chi connectivity index (χ4n) is 1.27. The molecule has 0 saturated heterocycles. The summed E-state index contributed by atoms with van der Waals surface area (Å²) in [7, 11) is 0. The molecule has 1 unspecified atom stereocenters. The molecule has 1 atom stereocenters. The first-order chi connectivity index (χ1) is 6.24. The average molecular weight is 199 g/mol. The third kappa shape index (κ3) is 3.44. The summed E-state index contributed by atoms with van der Waals surface area (Å²) in [6.07, 6.45) is 3.98. The van der Waals surface area contributed by atoms with Gasteiger partial charge >= 0.3 is 0 Å². The number of thiazole rings is 1. The van der Waals surface area contributed by atoms with Crippen LogP contribution < -0.4 is 0 Å². The van der Waals surface area contributed by atoms with Gasteiger partial charge in [-0.3, -0.25) is 0 Å². The first kappa shape index (κ1) is 10.7. The van der Waals surface area contributed by atoms with Crippen molar-refractivity contribution in [3.8, 4) is 0 Å². The van der Waals surface area contributed by atoms with E-state index in [0.717, 1.165) is 23.5 Å². The number of rotatable bonds is 5. The third-order valence-corrected chi connectivity index (χ3v) is 2.85. The molecule has 1 N–H and O–H groups in total. The highest BCUT2D eigenvalue weighted by Gasteiger charge is 2.09. The minimum absolute atomic E-state index is 0.350. The Morgan fingerprint density at radius 2 is 2.31 bits per heavy atom. The molecule has 0 aliphatic carbocycles. The summed E-state index contributed by atoms with van der Waals surface area (Å²) in [5.41, 5.74) is 0.846. The highest BCUT2D eigenvalue weighted by Crippen LogP contribution is 2.21. The van der Waals surface area contributed by atoms with E-state index in [1.165, 1.54) is 12.8 Å². The molecule has 0 radical (unpaired) electrons. The monoisotopic (exact) mass is 199 g/mol.